The Balaban J connectivity index is 1.32. The molecular formula is C25H40N4O3. The van der Waals surface area contributed by atoms with Crippen LogP contribution >= 0.6 is 0 Å². The Morgan fingerprint density at radius 3 is 2.62 bits per heavy atom. The third kappa shape index (κ3) is 6.44. The molecule has 0 aromatic heterocycles. The van der Waals surface area contributed by atoms with Gasteiger partial charge in [0.1, 0.15) is 0 Å². The van der Waals surface area contributed by atoms with Crippen molar-refractivity contribution in [1.82, 2.24) is 15.1 Å². The number of morpholine rings is 1. The molecule has 1 aliphatic carbocycles. The first kappa shape index (κ1) is 23.5. The summed E-state index contributed by atoms with van der Waals surface area (Å²) in [4.78, 5) is 17.7. The highest BCUT2D eigenvalue weighted by molar-refractivity contribution is 5.90. The summed E-state index contributed by atoms with van der Waals surface area (Å²) in [5.74, 6) is 0.463. The predicted molar refractivity (Wildman–Crippen MR) is 127 cm³/mol. The number of benzene rings is 1. The molecule has 2 aliphatic heterocycles. The van der Waals surface area contributed by atoms with Gasteiger partial charge < -0.3 is 20.1 Å². The molecule has 0 radical (unpaired) electrons. The molecule has 4 rings (SSSR count). The number of hydrogen-bond acceptors (Lipinski definition) is 5. The largest absolute Gasteiger partial charge is 0.381 e. The Morgan fingerprint density at radius 1 is 1.09 bits per heavy atom. The summed E-state index contributed by atoms with van der Waals surface area (Å²) >= 11 is 0. The molecule has 2 saturated heterocycles. The maximum atomic E-state index is 12.8. The van der Waals surface area contributed by atoms with Gasteiger partial charge in [0, 0.05) is 56.5 Å². The zero-order chi connectivity index (χ0) is 22.2. The van der Waals surface area contributed by atoms with Crippen molar-refractivity contribution < 1.29 is 14.3 Å². The van der Waals surface area contributed by atoms with Crippen LogP contribution in [-0.2, 0) is 16.0 Å². The standard InChI is InChI=1S/C25H40N4O3/c1-28(22-8-3-2-4-9-22)18-20-7-5-6-10-23(20)27-25(30)26-17-24(21-11-14-32-19-21)29-12-15-31-16-13-29/h5-7,10,21-22,24H,2-4,8-9,11-19H2,1H3,(H2,26,27,30)/t21-,24+/m0/s1. The first-order chi connectivity index (χ1) is 15.7. The van der Waals surface area contributed by atoms with E-state index in [2.05, 4.69) is 39.6 Å². The van der Waals surface area contributed by atoms with Crippen LogP contribution in [-0.4, -0.2) is 81.0 Å². The molecule has 7 nitrogen and oxygen atoms in total. The molecule has 7 heteroatoms. The van der Waals surface area contributed by atoms with E-state index < -0.39 is 0 Å². The van der Waals surface area contributed by atoms with Crippen LogP contribution in [0, 0.1) is 5.92 Å². The minimum Gasteiger partial charge on any atom is -0.381 e. The third-order valence-corrected chi connectivity index (χ3v) is 7.38. The number of amides is 2. The maximum Gasteiger partial charge on any atom is 0.319 e. The van der Waals surface area contributed by atoms with E-state index in [0.29, 0.717) is 24.5 Å². The molecule has 3 fully saturated rings. The van der Waals surface area contributed by atoms with Crippen molar-refractivity contribution in [3.63, 3.8) is 0 Å². The SMILES string of the molecule is CN(Cc1ccccc1NC(=O)NC[C@H]([C@H]1CCOC1)N1CCOCC1)C1CCCCC1. The average Bonchev–Trinajstić information content (AvgIpc) is 3.36. The van der Waals surface area contributed by atoms with Crippen LogP contribution in [0.1, 0.15) is 44.1 Å². The highest BCUT2D eigenvalue weighted by Crippen LogP contribution is 2.25. The lowest BCUT2D eigenvalue weighted by Crippen LogP contribution is -2.52. The number of hydrogen-bond donors (Lipinski definition) is 2. The molecule has 3 aliphatic rings. The van der Waals surface area contributed by atoms with E-state index in [0.717, 1.165) is 58.2 Å². The third-order valence-electron chi connectivity index (χ3n) is 7.38. The summed E-state index contributed by atoms with van der Waals surface area (Å²) < 4.78 is 11.2. The van der Waals surface area contributed by atoms with E-state index in [4.69, 9.17) is 9.47 Å². The van der Waals surface area contributed by atoms with Gasteiger partial charge in [0.25, 0.3) is 0 Å². The van der Waals surface area contributed by atoms with Crippen LogP contribution in [0.2, 0.25) is 0 Å². The van der Waals surface area contributed by atoms with Crippen molar-refractivity contribution in [2.45, 2.75) is 57.2 Å². The molecule has 2 heterocycles. The van der Waals surface area contributed by atoms with Gasteiger partial charge in [0.05, 0.1) is 19.8 Å². The van der Waals surface area contributed by atoms with Gasteiger partial charge >= 0.3 is 6.03 Å². The van der Waals surface area contributed by atoms with Crippen LogP contribution in [0.3, 0.4) is 0 Å². The minimum absolute atomic E-state index is 0.130. The van der Waals surface area contributed by atoms with Gasteiger partial charge in [-0.05, 0) is 37.9 Å². The molecule has 2 atom stereocenters. The number of nitrogens with one attached hydrogen (secondary N) is 2. The van der Waals surface area contributed by atoms with E-state index >= 15 is 0 Å². The molecule has 0 spiro atoms. The number of ether oxygens (including phenoxy) is 2. The lowest BCUT2D eigenvalue weighted by molar-refractivity contribution is 0.00222. The summed E-state index contributed by atoms with van der Waals surface area (Å²) in [5, 5.41) is 6.26. The Hall–Kier alpha value is -1.67. The number of urea groups is 1. The Kier molecular flexibility index (Phi) is 8.79. The normalized spacial score (nSPS) is 23.9. The van der Waals surface area contributed by atoms with Crippen LogP contribution in [0.5, 0.6) is 0 Å². The van der Waals surface area contributed by atoms with Gasteiger partial charge in [0.2, 0.25) is 0 Å². The second-order valence-corrected chi connectivity index (χ2v) is 9.54. The predicted octanol–water partition coefficient (Wildman–Crippen LogP) is 3.31. The van der Waals surface area contributed by atoms with Crippen LogP contribution in [0.15, 0.2) is 24.3 Å². The number of carbonyl (C=O) groups excluding carboxylic acids is 1. The molecule has 1 saturated carbocycles. The fraction of sp³-hybridized carbons (Fsp3) is 0.720. The van der Waals surface area contributed by atoms with E-state index in [1.165, 1.54) is 37.7 Å². The maximum absolute atomic E-state index is 12.8. The fourth-order valence-corrected chi connectivity index (χ4v) is 5.42. The van der Waals surface area contributed by atoms with Gasteiger partial charge in [-0.25, -0.2) is 4.79 Å². The quantitative estimate of drug-likeness (QED) is 0.644. The summed E-state index contributed by atoms with van der Waals surface area (Å²) in [6.45, 7) is 6.44. The lowest BCUT2D eigenvalue weighted by atomic mass is 9.94. The average molecular weight is 445 g/mol. The number of para-hydroxylation sites is 1. The molecular weight excluding hydrogens is 404 g/mol. The van der Waals surface area contributed by atoms with Crippen LogP contribution < -0.4 is 10.6 Å². The molecule has 32 heavy (non-hydrogen) atoms. The second-order valence-electron chi connectivity index (χ2n) is 9.54. The first-order valence-corrected chi connectivity index (χ1v) is 12.4. The monoisotopic (exact) mass is 444 g/mol. The molecule has 178 valence electrons. The molecule has 2 amide bonds. The van der Waals surface area contributed by atoms with E-state index in [9.17, 15) is 4.79 Å². The molecule has 2 N–H and O–H groups in total. The lowest BCUT2D eigenvalue weighted by Gasteiger charge is -2.37. The van der Waals surface area contributed by atoms with Crippen molar-refractivity contribution in [2.24, 2.45) is 5.92 Å². The molecule has 0 bridgehead atoms. The number of nitrogens with zero attached hydrogens (tertiary/aromatic N) is 2. The highest BCUT2D eigenvalue weighted by Gasteiger charge is 2.31. The molecule has 0 unspecified atom stereocenters. The van der Waals surface area contributed by atoms with Crippen molar-refractivity contribution in [1.29, 1.82) is 0 Å². The molecule has 1 aromatic rings. The van der Waals surface area contributed by atoms with Crippen LogP contribution in [0.4, 0.5) is 10.5 Å². The van der Waals surface area contributed by atoms with Crippen molar-refractivity contribution in [2.75, 3.05) is 58.4 Å². The van der Waals surface area contributed by atoms with Crippen molar-refractivity contribution in [3.8, 4) is 0 Å². The smallest absolute Gasteiger partial charge is 0.319 e. The van der Waals surface area contributed by atoms with Gasteiger partial charge in [-0.3, -0.25) is 9.80 Å². The zero-order valence-corrected chi connectivity index (χ0v) is 19.6. The number of carbonyl (C=O) groups is 1. The van der Waals surface area contributed by atoms with E-state index in [-0.39, 0.29) is 6.03 Å². The fourth-order valence-electron chi connectivity index (χ4n) is 5.42. The topological polar surface area (TPSA) is 66.1 Å². The minimum atomic E-state index is -0.130. The Labute approximate surface area is 192 Å². The number of rotatable bonds is 8. The zero-order valence-electron chi connectivity index (χ0n) is 19.6. The van der Waals surface area contributed by atoms with Crippen molar-refractivity contribution >= 4 is 11.7 Å². The second kappa shape index (κ2) is 12.0. The van der Waals surface area contributed by atoms with Gasteiger partial charge in [0.15, 0.2) is 0 Å². The van der Waals surface area contributed by atoms with Gasteiger partial charge in [-0.1, -0.05) is 37.5 Å². The summed E-state index contributed by atoms with van der Waals surface area (Å²) in [7, 11) is 2.21. The molecule has 1 aromatic carbocycles. The van der Waals surface area contributed by atoms with E-state index in [1.54, 1.807) is 0 Å². The van der Waals surface area contributed by atoms with Crippen molar-refractivity contribution in [3.05, 3.63) is 29.8 Å². The Morgan fingerprint density at radius 2 is 1.88 bits per heavy atom. The van der Waals surface area contributed by atoms with E-state index in [1.807, 2.05) is 12.1 Å². The summed E-state index contributed by atoms with van der Waals surface area (Å²) in [6.07, 6.45) is 7.63. The van der Waals surface area contributed by atoms with Crippen LogP contribution in [0.25, 0.3) is 0 Å². The highest BCUT2D eigenvalue weighted by atomic mass is 16.5. The Bertz CT molecular complexity index is 713. The summed E-state index contributed by atoms with van der Waals surface area (Å²) in [6, 6.07) is 8.99. The summed E-state index contributed by atoms with van der Waals surface area (Å²) in [5.41, 5.74) is 2.07. The van der Waals surface area contributed by atoms with Gasteiger partial charge in [-0.2, -0.15) is 0 Å². The number of anilines is 1. The first-order valence-electron chi connectivity index (χ1n) is 12.4. The van der Waals surface area contributed by atoms with Gasteiger partial charge in [-0.15, -0.1) is 0 Å².